The molecule has 0 atom stereocenters. The molecule has 0 saturated heterocycles. The van der Waals surface area contributed by atoms with Crippen molar-refractivity contribution >= 4 is 0 Å². The Morgan fingerprint density at radius 1 is 0.632 bits per heavy atom. The van der Waals surface area contributed by atoms with Crippen LogP contribution in [0.25, 0.3) is 0 Å². The van der Waals surface area contributed by atoms with Crippen LogP contribution in [0.5, 0.6) is 0 Å². The standard InChI is InChI=1S/C17H38N2/c1-8-15(9-2,10-3)16(11-4,12-5)17(13-6,14-7)19-18/h19H,8-14,18H2,1-7H3. The Labute approximate surface area is 121 Å². The maximum absolute atomic E-state index is 6.08. The lowest BCUT2D eigenvalue weighted by Gasteiger charge is -2.60. The van der Waals surface area contributed by atoms with Gasteiger partial charge in [0.2, 0.25) is 0 Å². The summed E-state index contributed by atoms with van der Waals surface area (Å²) in [6.07, 6.45) is 8.32. The molecule has 0 saturated carbocycles. The van der Waals surface area contributed by atoms with E-state index in [4.69, 9.17) is 5.84 Å². The molecule has 0 heterocycles. The van der Waals surface area contributed by atoms with Gasteiger partial charge in [-0.1, -0.05) is 48.5 Å². The Morgan fingerprint density at radius 3 is 1.16 bits per heavy atom. The molecule has 0 amide bonds. The molecule has 0 bridgehead atoms. The van der Waals surface area contributed by atoms with Crippen LogP contribution in [0, 0.1) is 10.8 Å². The molecular weight excluding hydrogens is 232 g/mol. The highest BCUT2D eigenvalue weighted by atomic mass is 15.3. The second kappa shape index (κ2) is 7.64. The maximum atomic E-state index is 6.08. The number of hydrogen-bond acceptors (Lipinski definition) is 2. The Balaban J connectivity index is 6.08. The molecular formula is C17H38N2. The first kappa shape index (κ1) is 18.9. The van der Waals surface area contributed by atoms with E-state index in [9.17, 15) is 0 Å². The molecule has 0 aliphatic carbocycles. The highest BCUT2D eigenvalue weighted by Gasteiger charge is 2.56. The predicted molar refractivity (Wildman–Crippen MR) is 87.0 cm³/mol. The fraction of sp³-hybridized carbons (Fsp3) is 1.00. The highest BCUT2D eigenvalue weighted by Crippen LogP contribution is 2.59. The summed E-state index contributed by atoms with van der Waals surface area (Å²) in [6, 6.07) is 0. The molecule has 0 aliphatic heterocycles. The van der Waals surface area contributed by atoms with Gasteiger partial charge in [0, 0.05) is 5.54 Å². The molecule has 0 aromatic carbocycles. The van der Waals surface area contributed by atoms with E-state index in [0.717, 1.165) is 12.8 Å². The van der Waals surface area contributed by atoms with Crippen LogP contribution in [0.3, 0.4) is 0 Å². The molecule has 0 aromatic rings. The topological polar surface area (TPSA) is 38.0 Å². The van der Waals surface area contributed by atoms with Crippen molar-refractivity contribution in [2.75, 3.05) is 0 Å². The van der Waals surface area contributed by atoms with Crippen LogP contribution < -0.4 is 11.3 Å². The second-order valence-corrected chi connectivity index (χ2v) is 6.06. The van der Waals surface area contributed by atoms with Gasteiger partial charge in [-0.15, -0.1) is 0 Å². The fourth-order valence-corrected chi connectivity index (χ4v) is 5.22. The summed E-state index contributed by atoms with van der Waals surface area (Å²) >= 11 is 0. The molecule has 19 heavy (non-hydrogen) atoms. The number of hydrazine groups is 1. The summed E-state index contributed by atoms with van der Waals surface area (Å²) in [5, 5.41) is 0. The van der Waals surface area contributed by atoms with E-state index < -0.39 is 0 Å². The van der Waals surface area contributed by atoms with Gasteiger partial charge in [0.15, 0.2) is 0 Å². The van der Waals surface area contributed by atoms with E-state index in [1.54, 1.807) is 0 Å². The third kappa shape index (κ3) is 2.58. The van der Waals surface area contributed by atoms with Crippen molar-refractivity contribution in [3.8, 4) is 0 Å². The normalized spacial score (nSPS) is 13.9. The van der Waals surface area contributed by atoms with Gasteiger partial charge >= 0.3 is 0 Å². The molecule has 0 unspecified atom stereocenters. The largest absolute Gasteiger partial charge is 0.271 e. The molecule has 2 nitrogen and oxygen atoms in total. The Kier molecular flexibility index (Phi) is 7.60. The summed E-state index contributed by atoms with van der Waals surface area (Å²) in [6.45, 7) is 16.4. The first-order valence-electron chi connectivity index (χ1n) is 8.46. The summed E-state index contributed by atoms with van der Waals surface area (Å²) in [4.78, 5) is 0. The van der Waals surface area contributed by atoms with Crippen LogP contribution in [-0.2, 0) is 0 Å². The van der Waals surface area contributed by atoms with Crippen molar-refractivity contribution in [3.05, 3.63) is 0 Å². The van der Waals surface area contributed by atoms with Gasteiger partial charge in [-0.3, -0.25) is 11.3 Å². The van der Waals surface area contributed by atoms with E-state index in [1.165, 1.54) is 32.1 Å². The lowest BCUT2D eigenvalue weighted by molar-refractivity contribution is -0.0808. The van der Waals surface area contributed by atoms with Crippen LogP contribution in [0.15, 0.2) is 0 Å². The van der Waals surface area contributed by atoms with Crippen molar-refractivity contribution in [3.63, 3.8) is 0 Å². The average molecular weight is 271 g/mol. The number of rotatable bonds is 10. The summed E-state index contributed by atoms with van der Waals surface area (Å²) in [5.74, 6) is 6.08. The van der Waals surface area contributed by atoms with Crippen molar-refractivity contribution < 1.29 is 0 Å². The molecule has 0 radical (unpaired) electrons. The van der Waals surface area contributed by atoms with Gasteiger partial charge < -0.3 is 0 Å². The molecule has 116 valence electrons. The van der Waals surface area contributed by atoms with Crippen LogP contribution in [0.2, 0.25) is 0 Å². The molecule has 2 heteroatoms. The zero-order valence-corrected chi connectivity index (χ0v) is 14.5. The molecule has 3 N–H and O–H groups in total. The number of nitrogens with two attached hydrogens (primary N) is 1. The van der Waals surface area contributed by atoms with Crippen LogP contribution in [0.4, 0.5) is 0 Å². The third-order valence-corrected chi connectivity index (χ3v) is 6.65. The summed E-state index contributed by atoms with van der Waals surface area (Å²) in [5.41, 5.74) is 3.98. The van der Waals surface area contributed by atoms with Crippen molar-refractivity contribution in [2.45, 2.75) is 99.0 Å². The van der Waals surface area contributed by atoms with Crippen molar-refractivity contribution in [2.24, 2.45) is 16.7 Å². The predicted octanol–water partition coefficient (Wildman–Crippen LogP) is 5.03. The minimum Gasteiger partial charge on any atom is -0.271 e. The summed E-state index contributed by atoms with van der Waals surface area (Å²) < 4.78 is 0. The van der Waals surface area contributed by atoms with E-state index in [-0.39, 0.29) is 11.0 Å². The third-order valence-electron chi connectivity index (χ3n) is 6.65. The zero-order valence-electron chi connectivity index (χ0n) is 14.5. The number of nitrogens with one attached hydrogen (secondary N) is 1. The highest BCUT2D eigenvalue weighted by molar-refractivity contribution is 5.09. The first-order chi connectivity index (χ1) is 8.99. The lowest BCUT2D eigenvalue weighted by Crippen LogP contribution is -2.65. The first-order valence-corrected chi connectivity index (χ1v) is 8.46. The van der Waals surface area contributed by atoms with Gasteiger partial charge in [-0.25, -0.2) is 0 Å². The second-order valence-electron chi connectivity index (χ2n) is 6.06. The van der Waals surface area contributed by atoms with Gasteiger partial charge in [-0.05, 0) is 55.8 Å². The van der Waals surface area contributed by atoms with Gasteiger partial charge in [0.25, 0.3) is 0 Å². The minimum absolute atomic E-state index is 0.0541. The van der Waals surface area contributed by atoms with Gasteiger partial charge in [0.1, 0.15) is 0 Å². The lowest BCUT2D eigenvalue weighted by atomic mass is 9.47. The van der Waals surface area contributed by atoms with Crippen LogP contribution in [0.1, 0.15) is 93.4 Å². The monoisotopic (exact) mass is 270 g/mol. The summed E-state index contributed by atoms with van der Waals surface area (Å²) in [7, 11) is 0. The molecule has 0 aliphatic rings. The molecule has 0 fully saturated rings. The van der Waals surface area contributed by atoms with Crippen LogP contribution in [-0.4, -0.2) is 5.54 Å². The molecule has 0 spiro atoms. The minimum atomic E-state index is 0.0541. The molecule has 0 rings (SSSR count). The van der Waals surface area contributed by atoms with E-state index in [0.29, 0.717) is 5.41 Å². The Hall–Kier alpha value is -0.0800. The SMILES string of the molecule is CCC(CC)(CC)C(CC)(CC)C(CC)(CC)NN. The molecule has 0 aromatic heterocycles. The van der Waals surface area contributed by atoms with E-state index >= 15 is 0 Å². The fourth-order valence-electron chi connectivity index (χ4n) is 5.22. The van der Waals surface area contributed by atoms with Crippen molar-refractivity contribution in [1.82, 2.24) is 5.43 Å². The quantitative estimate of drug-likeness (QED) is 0.431. The van der Waals surface area contributed by atoms with Crippen LogP contribution >= 0.6 is 0 Å². The average Bonchev–Trinajstić information content (AvgIpc) is 2.49. The maximum Gasteiger partial charge on any atom is 0.0377 e. The van der Waals surface area contributed by atoms with E-state index in [2.05, 4.69) is 53.9 Å². The van der Waals surface area contributed by atoms with Gasteiger partial charge in [0.05, 0.1) is 0 Å². The van der Waals surface area contributed by atoms with E-state index in [1.807, 2.05) is 0 Å². The zero-order chi connectivity index (χ0) is 15.2. The number of hydrogen-bond donors (Lipinski definition) is 2. The Bertz CT molecular complexity index is 197. The van der Waals surface area contributed by atoms with Crippen molar-refractivity contribution in [1.29, 1.82) is 0 Å². The Morgan fingerprint density at radius 2 is 1.00 bits per heavy atom. The smallest absolute Gasteiger partial charge is 0.0377 e. The van der Waals surface area contributed by atoms with Gasteiger partial charge in [-0.2, -0.15) is 0 Å².